The summed E-state index contributed by atoms with van der Waals surface area (Å²) in [4.78, 5) is 132. The Balaban J connectivity index is 0.000000146. The number of rotatable bonds is 9. The van der Waals surface area contributed by atoms with Gasteiger partial charge in [-0.3, -0.25) is 19.2 Å². The fourth-order valence-electron chi connectivity index (χ4n) is 19.9. The third-order valence-electron chi connectivity index (χ3n) is 26.5. The highest BCUT2D eigenvalue weighted by Gasteiger charge is 2.40. The molecular formula is C104H109F6N17O7. The monoisotopic (exact) mass is 1820 g/mol. The standard InChI is InChI=1S/C36H37F2N5O3.2C34H36F2N6O2/c1-6-30(45)41-18-22(5)42(19-21(41)4)34-27-17-29(38)32-31-24(12-9-15-28(31)37)16-25(44)13-7-10-23-11-8-14-26(20(2)3)33(23)43(35(27)39-32)36(46)40-34;2*1-6-28(43)40-17-21(5)41(18-20(40)4)32-24-16-26(36)30-29-25(35)13-8-14-27(29)37-15-9-11-22-10-7-12-23(19(2)3)31(22)42(33(24)38-30)34(44)39-32/h6,8-9,11-12,14-15,17,20-22H,1,7,10,13,16,18-19H2,2-5H3;2*6-8,10,12-14,16,19-21,37H,1,9,11,15,17-18H2,2-5H3/t21-,22+;2*20-,21+/m111/s1. The number of nitrogens with zero attached hydrogens (tertiary/aromatic N) is 15. The number of halogens is 6. The second-order valence-electron chi connectivity index (χ2n) is 36.6. The van der Waals surface area contributed by atoms with Gasteiger partial charge in [-0.05, 0) is 204 Å². The molecule has 2 N–H and O–H groups in total. The number of Topliss-reactive ketones (excluding diaryl/α,β-unsaturated/α-hetero) is 1. The maximum absolute atomic E-state index is 16.3. The van der Waals surface area contributed by atoms with E-state index in [-0.39, 0.29) is 164 Å². The van der Waals surface area contributed by atoms with Gasteiger partial charge in [0.1, 0.15) is 63.6 Å². The number of carbonyl (C=O) groups excluding carboxylic acids is 4. The summed E-state index contributed by atoms with van der Waals surface area (Å²) in [5.74, 6) is -3.89. The fourth-order valence-corrected chi connectivity index (χ4v) is 19.9. The molecule has 12 aromatic rings. The van der Waals surface area contributed by atoms with Crippen molar-refractivity contribution in [2.45, 2.75) is 188 Å². The minimum Gasteiger partial charge on any atom is -0.384 e. The molecule has 0 saturated carbocycles. The van der Waals surface area contributed by atoms with Crippen LogP contribution in [0.1, 0.15) is 165 Å². The lowest BCUT2D eigenvalue weighted by Gasteiger charge is -2.44. The first-order chi connectivity index (χ1) is 64.2. The number of para-hydroxylation sites is 3. The Bertz CT molecular complexity index is 6680. The maximum Gasteiger partial charge on any atom is 0.355 e. The number of fused-ring (bicyclic) bond motifs is 15. The molecule has 30 heteroatoms. The molecule has 694 valence electrons. The van der Waals surface area contributed by atoms with Crippen LogP contribution in [0.3, 0.4) is 0 Å². The summed E-state index contributed by atoms with van der Waals surface area (Å²) in [6, 6.07) is 33.7. The van der Waals surface area contributed by atoms with E-state index in [9.17, 15) is 33.6 Å². The van der Waals surface area contributed by atoms with E-state index < -0.39 is 52.0 Å². The zero-order valence-corrected chi connectivity index (χ0v) is 77.3. The molecule has 3 fully saturated rings. The molecule has 6 atom stereocenters. The Morgan fingerprint density at radius 3 is 0.993 bits per heavy atom. The lowest BCUT2D eigenvalue weighted by atomic mass is 9.94. The molecule has 6 bridgehead atoms. The smallest absolute Gasteiger partial charge is 0.355 e. The highest BCUT2D eigenvalue weighted by molar-refractivity contribution is 5.97. The van der Waals surface area contributed by atoms with Crippen molar-refractivity contribution in [3.05, 3.63) is 271 Å². The molecule has 24 nitrogen and oxygen atoms in total. The zero-order chi connectivity index (χ0) is 95.4. The van der Waals surface area contributed by atoms with Crippen molar-refractivity contribution >= 4 is 85.4 Å². The third-order valence-corrected chi connectivity index (χ3v) is 26.5. The molecule has 6 aliphatic rings. The van der Waals surface area contributed by atoms with Gasteiger partial charge < -0.3 is 40.0 Å². The third kappa shape index (κ3) is 17.5. The lowest BCUT2D eigenvalue weighted by molar-refractivity contribution is -0.129. The van der Waals surface area contributed by atoms with Crippen LogP contribution in [0.25, 0.3) is 83.9 Å². The van der Waals surface area contributed by atoms with Gasteiger partial charge in [0.25, 0.3) is 0 Å². The number of hydrogen-bond acceptors (Lipinski definition) is 18. The Morgan fingerprint density at radius 2 is 0.664 bits per heavy atom. The molecule has 0 radical (unpaired) electrons. The topological polar surface area (TPSA) is 255 Å². The van der Waals surface area contributed by atoms with Crippen molar-refractivity contribution in [2.75, 3.05) is 77.7 Å². The molecule has 3 saturated heterocycles. The van der Waals surface area contributed by atoms with E-state index in [1.807, 2.05) is 125 Å². The molecule has 3 amide bonds. The number of anilines is 5. The van der Waals surface area contributed by atoms with Gasteiger partial charge in [-0.15, -0.1) is 0 Å². The Hall–Kier alpha value is -13.9. The molecule has 0 aliphatic carbocycles. The van der Waals surface area contributed by atoms with Gasteiger partial charge in [0.05, 0.1) is 44.3 Å². The molecule has 0 unspecified atom stereocenters. The summed E-state index contributed by atoms with van der Waals surface area (Å²) in [7, 11) is 0. The van der Waals surface area contributed by atoms with Crippen molar-refractivity contribution < 1.29 is 45.5 Å². The van der Waals surface area contributed by atoms with E-state index in [2.05, 4.69) is 73.0 Å². The summed E-state index contributed by atoms with van der Waals surface area (Å²) >= 11 is 0. The molecule has 6 aromatic carbocycles. The number of amides is 3. The molecule has 6 aliphatic heterocycles. The normalized spacial score (nSPS) is 18.4. The highest BCUT2D eigenvalue weighted by Crippen LogP contribution is 2.44. The van der Waals surface area contributed by atoms with Crippen LogP contribution in [0.5, 0.6) is 0 Å². The summed E-state index contributed by atoms with van der Waals surface area (Å²) in [6.45, 7) is 37.8. The Labute approximate surface area is 772 Å². The molecule has 0 spiro atoms. The van der Waals surface area contributed by atoms with Crippen LogP contribution in [-0.4, -0.2) is 170 Å². The van der Waals surface area contributed by atoms with E-state index in [1.54, 1.807) is 45.0 Å². The van der Waals surface area contributed by atoms with Gasteiger partial charge in [-0.1, -0.05) is 140 Å². The van der Waals surface area contributed by atoms with E-state index >= 15 is 26.3 Å². The van der Waals surface area contributed by atoms with Crippen LogP contribution in [0.2, 0.25) is 0 Å². The molecular weight excluding hydrogens is 1710 g/mol. The Morgan fingerprint density at radius 1 is 0.366 bits per heavy atom. The van der Waals surface area contributed by atoms with Crippen LogP contribution in [0.4, 0.5) is 55.2 Å². The number of nitrogens with one attached hydrogen (secondary N) is 2. The zero-order valence-electron chi connectivity index (χ0n) is 77.3. The number of carbonyl (C=O) groups is 4. The summed E-state index contributed by atoms with van der Waals surface area (Å²) in [5, 5.41) is 7.52. The lowest BCUT2D eigenvalue weighted by Crippen LogP contribution is -2.58. The first-order valence-electron chi connectivity index (χ1n) is 45.9. The number of benzene rings is 6. The molecule has 18 rings (SSSR count). The SMILES string of the molecule is C=CC(=O)N1C[C@H](C)N(c2nc(=O)n3c4nc(c(F)cc24)-c2c(F)cccc2CC(=O)CCCc2cccc(C(C)C)c2-3)C[C@H]1C.C=CC(=O)N1C[C@H](C)N(c2nc(=O)n3c4nc(c(F)cc24)-c2c(F)cccc2NCCCc2cccc(C(C)C)c2-3)C[C@H]1C.C=CC(=O)N1C[C@H](C)N(c2nc(=O)n3c4nc(c(F)cc24)-c2c(F)cccc2NCCCc2cccc(C(C)C)c2-3)C[C@H]1C. The average Bonchev–Trinajstić information content (AvgIpc) is 0.837. The van der Waals surface area contributed by atoms with Crippen LogP contribution >= 0.6 is 0 Å². The van der Waals surface area contributed by atoms with Crippen molar-refractivity contribution in [1.82, 2.24) is 58.3 Å². The van der Waals surface area contributed by atoms with Gasteiger partial charge >= 0.3 is 17.1 Å². The Kier molecular flexibility index (Phi) is 26.7. The van der Waals surface area contributed by atoms with Crippen LogP contribution in [0.15, 0.2) is 180 Å². The van der Waals surface area contributed by atoms with Crippen LogP contribution in [-0.2, 0) is 44.9 Å². The number of ketones is 1. The molecule has 134 heavy (non-hydrogen) atoms. The first kappa shape index (κ1) is 93.3. The van der Waals surface area contributed by atoms with Crippen molar-refractivity contribution in [1.29, 1.82) is 0 Å². The van der Waals surface area contributed by atoms with Crippen molar-refractivity contribution in [3.8, 4) is 50.8 Å². The van der Waals surface area contributed by atoms with Gasteiger partial charge in [-0.2, -0.15) is 15.0 Å². The number of piperazine rings is 3. The van der Waals surface area contributed by atoms with E-state index in [0.29, 0.717) is 136 Å². The quantitative estimate of drug-likeness (QED) is 0.101. The predicted octanol–water partition coefficient (Wildman–Crippen LogP) is 17.5. The highest BCUT2D eigenvalue weighted by atomic mass is 19.1. The van der Waals surface area contributed by atoms with Gasteiger partial charge in [0, 0.05) is 118 Å². The average molecular weight is 1820 g/mol. The largest absolute Gasteiger partial charge is 0.384 e. The number of hydrogen-bond donors (Lipinski definition) is 2. The van der Waals surface area contributed by atoms with E-state index in [1.165, 1.54) is 74.4 Å². The van der Waals surface area contributed by atoms with Gasteiger partial charge in [0.2, 0.25) is 17.7 Å². The predicted molar refractivity (Wildman–Crippen MR) is 514 cm³/mol. The van der Waals surface area contributed by atoms with Gasteiger partial charge in [0.15, 0.2) is 28.6 Å². The van der Waals surface area contributed by atoms with Crippen molar-refractivity contribution in [2.24, 2.45) is 0 Å². The fraction of sp³-hybridized carbons (Fsp3) is 0.356. The summed E-state index contributed by atoms with van der Waals surface area (Å²) < 4.78 is 99.7. The van der Waals surface area contributed by atoms with E-state index in [4.69, 9.17) is 15.0 Å². The summed E-state index contributed by atoms with van der Waals surface area (Å²) in [5.41, 5.74) is 6.74. The van der Waals surface area contributed by atoms with E-state index in [0.717, 1.165) is 33.4 Å². The second-order valence-corrected chi connectivity index (χ2v) is 36.6. The first-order valence-corrected chi connectivity index (χ1v) is 45.9. The summed E-state index contributed by atoms with van der Waals surface area (Å²) in [6.07, 6.45) is 7.74. The van der Waals surface area contributed by atoms with Gasteiger partial charge in [-0.25, -0.2) is 69.4 Å². The number of aryl methyl sites for hydroxylation is 3. The minimum atomic E-state index is -0.798. The second kappa shape index (κ2) is 38.3. The molecule has 12 heterocycles. The van der Waals surface area contributed by atoms with Crippen LogP contribution in [0, 0.1) is 34.9 Å². The van der Waals surface area contributed by atoms with Crippen molar-refractivity contribution in [3.63, 3.8) is 0 Å². The van der Waals surface area contributed by atoms with Crippen LogP contribution < -0.4 is 42.4 Å². The maximum atomic E-state index is 16.3. The minimum absolute atomic E-state index is 0.00308. The number of pyridine rings is 3. The number of aromatic nitrogens is 9. The molecule has 6 aromatic heterocycles.